The second kappa shape index (κ2) is 6.42. The summed E-state index contributed by atoms with van der Waals surface area (Å²) in [7, 11) is 0. The second-order valence-electron chi connectivity index (χ2n) is 4.88. The van der Waals surface area contributed by atoms with Crippen LogP contribution < -0.4 is 10.2 Å². The molecular formula is C14H15BrClF2N3. The summed E-state index contributed by atoms with van der Waals surface area (Å²) in [5.74, 6) is -1.20. The Morgan fingerprint density at radius 3 is 2.57 bits per heavy atom. The number of aromatic nitrogens is 1. The first-order chi connectivity index (χ1) is 9.58. The molecule has 0 atom stereocenters. The summed E-state index contributed by atoms with van der Waals surface area (Å²) >= 11 is 3.52. The second-order valence-corrected chi connectivity index (χ2v) is 5.67. The first kappa shape index (κ1) is 16.4. The van der Waals surface area contributed by atoms with E-state index in [0.29, 0.717) is 11.1 Å². The van der Waals surface area contributed by atoms with Crippen LogP contribution in [0.2, 0.25) is 0 Å². The summed E-state index contributed by atoms with van der Waals surface area (Å²) in [5.41, 5.74) is 1.75. The van der Waals surface area contributed by atoms with Crippen molar-refractivity contribution in [1.29, 1.82) is 0 Å². The Hall–Kier alpha value is -0.980. The van der Waals surface area contributed by atoms with E-state index in [9.17, 15) is 8.78 Å². The maximum absolute atomic E-state index is 14.0. The van der Waals surface area contributed by atoms with E-state index in [2.05, 4.69) is 31.1 Å². The van der Waals surface area contributed by atoms with Gasteiger partial charge in [-0.05, 0) is 28.9 Å². The van der Waals surface area contributed by atoms with Gasteiger partial charge in [0.25, 0.3) is 0 Å². The van der Waals surface area contributed by atoms with Crippen molar-refractivity contribution in [2.75, 3.05) is 31.1 Å². The molecule has 1 aromatic carbocycles. The lowest BCUT2D eigenvalue weighted by Gasteiger charge is -2.31. The number of piperazine rings is 1. The molecule has 0 amide bonds. The molecule has 3 rings (SSSR count). The van der Waals surface area contributed by atoms with Crippen LogP contribution in [0.5, 0.6) is 0 Å². The molecule has 0 spiro atoms. The number of hydrogen-bond acceptors (Lipinski definition) is 3. The Labute approximate surface area is 136 Å². The fourth-order valence-electron chi connectivity index (χ4n) is 2.56. The highest BCUT2D eigenvalue weighted by molar-refractivity contribution is 9.10. The van der Waals surface area contributed by atoms with Gasteiger partial charge in [0.2, 0.25) is 0 Å². The molecule has 1 aliphatic heterocycles. The van der Waals surface area contributed by atoms with E-state index in [1.807, 2.05) is 6.92 Å². The number of halogens is 4. The van der Waals surface area contributed by atoms with Crippen LogP contribution in [0.3, 0.4) is 0 Å². The van der Waals surface area contributed by atoms with Crippen LogP contribution in [0.15, 0.2) is 16.6 Å². The van der Waals surface area contributed by atoms with E-state index in [0.717, 1.165) is 42.4 Å². The van der Waals surface area contributed by atoms with Gasteiger partial charge in [0.15, 0.2) is 5.82 Å². The smallest absolute Gasteiger partial charge is 0.152 e. The van der Waals surface area contributed by atoms with E-state index < -0.39 is 11.6 Å². The molecule has 0 aliphatic carbocycles. The molecule has 3 nitrogen and oxygen atoms in total. The van der Waals surface area contributed by atoms with E-state index in [-0.39, 0.29) is 17.9 Å². The fraction of sp³-hybridized carbons (Fsp3) is 0.357. The largest absolute Gasteiger partial charge is 0.367 e. The quantitative estimate of drug-likeness (QED) is 0.824. The first-order valence-corrected chi connectivity index (χ1v) is 7.28. The van der Waals surface area contributed by atoms with Gasteiger partial charge in [-0.3, -0.25) is 0 Å². The van der Waals surface area contributed by atoms with Crippen molar-refractivity contribution in [3.63, 3.8) is 0 Å². The van der Waals surface area contributed by atoms with Crippen molar-refractivity contribution in [3.8, 4) is 0 Å². The highest BCUT2D eigenvalue weighted by Gasteiger charge is 2.21. The van der Waals surface area contributed by atoms with Crippen LogP contribution in [0, 0.1) is 18.6 Å². The first-order valence-electron chi connectivity index (χ1n) is 6.48. The average molecular weight is 379 g/mol. The number of anilines is 1. The number of benzene rings is 1. The van der Waals surface area contributed by atoms with Crippen molar-refractivity contribution < 1.29 is 8.78 Å². The number of nitrogens with zero attached hydrogens (tertiary/aromatic N) is 2. The average Bonchev–Trinajstić information content (AvgIpc) is 2.42. The molecule has 7 heteroatoms. The van der Waals surface area contributed by atoms with Crippen LogP contribution >= 0.6 is 28.3 Å². The lowest BCUT2D eigenvalue weighted by molar-refractivity contribution is 0.585. The number of rotatable bonds is 1. The number of fused-ring (bicyclic) bond motifs is 1. The third-order valence-electron chi connectivity index (χ3n) is 3.52. The molecule has 1 aromatic heterocycles. The molecule has 1 N–H and O–H groups in total. The van der Waals surface area contributed by atoms with Crippen molar-refractivity contribution >= 4 is 44.9 Å². The van der Waals surface area contributed by atoms with Gasteiger partial charge in [0.1, 0.15) is 11.3 Å². The molecule has 0 bridgehead atoms. The van der Waals surface area contributed by atoms with Gasteiger partial charge in [-0.1, -0.05) is 0 Å². The topological polar surface area (TPSA) is 28.2 Å². The predicted octanol–water partition coefficient (Wildman–Crippen LogP) is 3.42. The zero-order valence-electron chi connectivity index (χ0n) is 11.4. The van der Waals surface area contributed by atoms with Crippen LogP contribution in [0.25, 0.3) is 10.9 Å². The standard InChI is InChI=1S/C14H14BrF2N3.ClH/c1-8-12(15)14(20-4-2-18-3-5-20)10-6-9(16)7-11(17)13(10)19-8;/h6-7,18H,2-5H2,1H3;1H. The molecule has 2 heterocycles. The van der Waals surface area contributed by atoms with Crippen LogP contribution in [0.4, 0.5) is 14.5 Å². The highest BCUT2D eigenvalue weighted by atomic mass is 79.9. The number of nitrogens with one attached hydrogen (secondary N) is 1. The van der Waals surface area contributed by atoms with Crippen LogP contribution in [0.1, 0.15) is 5.69 Å². The van der Waals surface area contributed by atoms with Crippen molar-refractivity contribution in [2.45, 2.75) is 6.92 Å². The predicted molar refractivity (Wildman–Crippen MR) is 86.4 cm³/mol. The van der Waals surface area contributed by atoms with Crippen molar-refractivity contribution in [2.24, 2.45) is 0 Å². The van der Waals surface area contributed by atoms with Gasteiger partial charge in [-0.2, -0.15) is 0 Å². The van der Waals surface area contributed by atoms with E-state index in [1.54, 1.807) is 0 Å². The Kier molecular flexibility index (Phi) is 5.01. The van der Waals surface area contributed by atoms with Gasteiger partial charge >= 0.3 is 0 Å². The van der Waals surface area contributed by atoms with Crippen LogP contribution in [-0.2, 0) is 0 Å². The molecule has 21 heavy (non-hydrogen) atoms. The van der Waals surface area contributed by atoms with Gasteiger partial charge in [-0.25, -0.2) is 13.8 Å². The van der Waals surface area contributed by atoms with Gasteiger partial charge in [-0.15, -0.1) is 12.4 Å². The number of hydrogen-bond donors (Lipinski definition) is 1. The molecule has 1 fully saturated rings. The number of aryl methyl sites for hydroxylation is 1. The fourth-order valence-corrected chi connectivity index (χ4v) is 3.12. The third-order valence-corrected chi connectivity index (χ3v) is 4.47. The van der Waals surface area contributed by atoms with Gasteiger partial charge in [0.05, 0.1) is 15.9 Å². The lowest BCUT2D eigenvalue weighted by Crippen LogP contribution is -2.43. The monoisotopic (exact) mass is 377 g/mol. The Morgan fingerprint density at radius 2 is 1.90 bits per heavy atom. The van der Waals surface area contributed by atoms with Gasteiger partial charge < -0.3 is 10.2 Å². The Bertz CT molecular complexity index is 675. The minimum absolute atomic E-state index is 0. The summed E-state index contributed by atoms with van der Waals surface area (Å²) in [4.78, 5) is 6.38. The van der Waals surface area contributed by atoms with Gasteiger partial charge in [0, 0.05) is 37.6 Å². The molecule has 0 radical (unpaired) electrons. The molecule has 1 aliphatic rings. The zero-order valence-corrected chi connectivity index (χ0v) is 13.8. The Balaban J connectivity index is 0.00000161. The van der Waals surface area contributed by atoms with Crippen molar-refractivity contribution in [1.82, 2.24) is 10.3 Å². The lowest BCUT2D eigenvalue weighted by atomic mass is 10.1. The highest BCUT2D eigenvalue weighted by Crippen LogP contribution is 2.37. The van der Waals surface area contributed by atoms with Crippen molar-refractivity contribution in [3.05, 3.63) is 33.9 Å². The minimum atomic E-state index is -0.619. The molecule has 2 aromatic rings. The third kappa shape index (κ3) is 2.98. The summed E-state index contributed by atoms with van der Waals surface area (Å²) in [5, 5.41) is 3.78. The van der Waals surface area contributed by atoms with E-state index in [4.69, 9.17) is 0 Å². The van der Waals surface area contributed by atoms with Crippen LogP contribution in [-0.4, -0.2) is 31.2 Å². The maximum atomic E-state index is 14.0. The summed E-state index contributed by atoms with van der Waals surface area (Å²) in [6, 6.07) is 2.23. The molecular weight excluding hydrogens is 364 g/mol. The molecule has 0 saturated carbocycles. The normalized spacial score (nSPS) is 15.1. The summed E-state index contributed by atoms with van der Waals surface area (Å²) in [6.45, 7) is 5.13. The molecule has 114 valence electrons. The number of pyridine rings is 1. The summed E-state index contributed by atoms with van der Waals surface area (Å²) in [6.07, 6.45) is 0. The molecule has 1 saturated heterocycles. The Morgan fingerprint density at radius 1 is 1.24 bits per heavy atom. The SMILES string of the molecule is Cc1nc2c(F)cc(F)cc2c(N2CCNCC2)c1Br.Cl. The van der Waals surface area contributed by atoms with E-state index >= 15 is 0 Å². The summed E-state index contributed by atoms with van der Waals surface area (Å²) < 4.78 is 28.3. The minimum Gasteiger partial charge on any atom is -0.367 e. The maximum Gasteiger partial charge on any atom is 0.152 e. The zero-order chi connectivity index (χ0) is 14.3. The van der Waals surface area contributed by atoms with E-state index in [1.165, 1.54) is 6.07 Å². The molecule has 0 unspecified atom stereocenters.